The van der Waals surface area contributed by atoms with E-state index in [1.165, 1.54) is 34.6 Å². The molecule has 1 fully saturated rings. The van der Waals surface area contributed by atoms with Crippen LogP contribution in [-0.4, -0.2) is 40.1 Å². The highest BCUT2D eigenvalue weighted by atomic mass is 35.5. The molecule has 0 radical (unpaired) electrons. The number of aryl methyl sites for hydroxylation is 1. The van der Waals surface area contributed by atoms with Crippen molar-refractivity contribution in [2.24, 2.45) is 5.92 Å². The molecule has 0 unspecified atom stereocenters. The molecule has 0 aliphatic carbocycles. The van der Waals surface area contributed by atoms with Crippen molar-refractivity contribution < 1.29 is 21.6 Å². The normalized spacial score (nSPS) is 17.1. The summed E-state index contributed by atoms with van der Waals surface area (Å²) < 4.78 is 55.1. The van der Waals surface area contributed by atoms with Gasteiger partial charge in [-0.25, -0.2) is 16.8 Å². The summed E-state index contributed by atoms with van der Waals surface area (Å²) in [5.74, 6) is -0.811. The van der Waals surface area contributed by atoms with Crippen LogP contribution in [0.1, 0.15) is 18.4 Å². The van der Waals surface area contributed by atoms with Gasteiger partial charge in [-0.1, -0.05) is 23.7 Å². The highest BCUT2D eigenvalue weighted by molar-refractivity contribution is 7.92. The third kappa shape index (κ3) is 5.87. The summed E-state index contributed by atoms with van der Waals surface area (Å²) in [6, 6.07) is 13.9. The fourth-order valence-electron chi connectivity index (χ4n) is 3.74. The monoisotopic (exact) mass is 553 g/mol. The zero-order chi connectivity index (χ0) is 25.2. The molecule has 35 heavy (non-hydrogen) atoms. The molecule has 4 rings (SSSR count). The zero-order valence-corrected chi connectivity index (χ0v) is 22.0. The molecule has 2 heterocycles. The number of sulfonamides is 2. The minimum absolute atomic E-state index is 0.0260. The van der Waals surface area contributed by atoms with Crippen molar-refractivity contribution in [2.45, 2.75) is 28.9 Å². The van der Waals surface area contributed by atoms with E-state index in [0.717, 1.165) is 16.9 Å². The van der Waals surface area contributed by atoms with Crippen LogP contribution in [0.15, 0.2) is 69.1 Å². The number of amides is 1. The molecule has 12 heteroatoms. The maximum Gasteiger partial charge on any atom is 0.261 e. The summed E-state index contributed by atoms with van der Waals surface area (Å²) >= 11 is 7.22. The lowest BCUT2D eigenvalue weighted by molar-refractivity contribution is -0.120. The van der Waals surface area contributed by atoms with E-state index < -0.39 is 26.0 Å². The van der Waals surface area contributed by atoms with Gasteiger partial charge in [-0.05, 0) is 73.2 Å². The molecule has 1 aliphatic rings. The maximum atomic E-state index is 12.8. The van der Waals surface area contributed by atoms with E-state index in [9.17, 15) is 21.6 Å². The molecular formula is C23H24ClN3O5S3. The Balaban J connectivity index is 1.40. The molecule has 186 valence electrons. The maximum absolute atomic E-state index is 12.8. The van der Waals surface area contributed by atoms with E-state index in [0.29, 0.717) is 35.8 Å². The van der Waals surface area contributed by atoms with Gasteiger partial charge in [0.1, 0.15) is 4.21 Å². The number of hydrogen-bond donors (Lipinski definition) is 2. The fourth-order valence-corrected chi connectivity index (χ4v) is 7.64. The summed E-state index contributed by atoms with van der Waals surface area (Å²) in [5, 5.41) is 4.93. The first-order valence-electron chi connectivity index (χ1n) is 10.8. The average Bonchev–Trinajstić information content (AvgIpc) is 3.38. The average molecular weight is 554 g/mol. The van der Waals surface area contributed by atoms with Crippen molar-refractivity contribution >= 4 is 60.3 Å². The SMILES string of the molecule is Cc1ccc(NS(=O)(=O)c2ccc(NC(=O)[C@H]3CCCN(S(=O)(=O)c4cccs4)C3)cc2)cc1Cl. The number of thiophene rings is 1. The largest absolute Gasteiger partial charge is 0.326 e. The van der Waals surface area contributed by atoms with E-state index >= 15 is 0 Å². The van der Waals surface area contributed by atoms with Crippen LogP contribution in [-0.2, 0) is 24.8 Å². The van der Waals surface area contributed by atoms with Crippen LogP contribution in [0, 0.1) is 12.8 Å². The second-order valence-electron chi connectivity index (χ2n) is 8.22. The van der Waals surface area contributed by atoms with Gasteiger partial charge in [-0.2, -0.15) is 4.31 Å². The van der Waals surface area contributed by atoms with Crippen molar-refractivity contribution in [1.82, 2.24) is 4.31 Å². The molecule has 3 aromatic rings. The van der Waals surface area contributed by atoms with Gasteiger partial charge >= 0.3 is 0 Å². The van der Waals surface area contributed by atoms with Crippen molar-refractivity contribution in [1.29, 1.82) is 0 Å². The minimum Gasteiger partial charge on any atom is -0.326 e. The third-order valence-corrected chi connectivity index (χ3v) is 10.7. The van der Waals surface area contributed by atoms with Crippen molar-refractivity contribution in [3.63, 3.8) is 0 Å². The number of rotatable bonds is 7. The van der Waals surface area contributed by atoms with E-state index in [-0.39, 0.29) is 21.6 Å². The smallest absolute Gasteiger partial charge is 0.261 e. The van der Waals surface area contributed by atoms with Crippen LogP contribution < -0.4 is 10.0 Å². The predicted octanol–water partition coefficient (Wildman–Crippen LogP) is 4.55. The summed E-state index contributed by atoms with van der Waals surface area (Å²) in [6.07, 6.45) is 1.15. The zero-order valence-electron chi connectivity index (χ0n) is 18.8. The van der Waals surface area contributed by atoms with Crippen LogP contribution in [0.25, 0.3) is 0 Å². The summed E-state index contributed by atoms with van der Waals surface area (Å²) in [7, 11) is -7.47. The second-order valence-corrected chi connectivity index (χ2v) is 13.4. The number of nitrogens with zero attached hydrogens (tertiary/aromatic N) is 1. The molecule has 0 bridgehead atoms. The molecule has 1 saturated heterocycles. The first-order chi connectivity index (χ1) is 16.6. The standard InChI is InChI=1S/C23H24ClN3O5S3/c1-16-6-7-19(14-21(16)24)26-34(29,30)20-10-8-18(9-11-20)25-23(28)17-4-2-12-27(15-17)35(31,32)22-5-3-13-33-22/h3,5-11,13-14,17,26H,2,4,12,15H2,1H3,(H,25,28)/t17-/m0/s1. The van der Waals surface area contributed by atoms with Gasteiger partial charge < -0.3 is 5.32 Å². The highest BCUT2D eigenvalue weighted by Crippen LogP contribution is 2.28. The second kappa shape index (κ2) is 10.3. The van der Waals surface area contributed by atoms with E-state index in [1.54, 1.807) is 29.6 Å². The van der Waals surface area contributed by atoms with E-state index in [1.807, 2.05) is 6.92 Å². The van der Waals surface area contributed by atoms with Gasteiger partial charge in [0.25, 0.3) is 20.0 Å². The van der Waals surface area contributed by atoms with Crippen molar-refractivity contribution in [2.75, 3.05) is 23.1 Å². The Morgan fingerprint density at radius 1 is 1.06 bits per heavy atom. The molecule has 1 aliphatic heterocycles. The van der Waals surface area contributed by atoms with Gasteiger partial charge in [0.05, 0.1) is 16.5 Å². The Bertz CT molecular complexity index is 1420. The van der Waals surface area contributed by atoms with Gasteiger partial charge in [0, 0.05) is 23.8 Å². The van der Waals surface area contributed by atoms with E-state index in [4.69, 9.17) is 11.6 Å². The third-order valence-electron chi connectivity index (χ3n) is 5.70. The quantitative estimate of drug-likeness (QED) is 0.445. The molecule has 0 saturated carbocycles. The number of carbonyl (C=O) groups excluding carboxylic acids is 1. The molecule has 1 atom stereocenters. The Hall–Kier alpha value is -2.44. The van der Waals surface area contributed by atoms with Gasteiger partial charge in [0.2, 0.25) is 5.91 Å². The number of piperidine rings is 1. The lowest BCUT2D eigenvalue weighted by Gasteiger charge is -2.30. The van der Waals surface area contributed by atoms with Crippen LogP contribution in [0.4, 0.5) is 11.4 Å². The van der Waals surface area contributed by atoms with Crippen LogP contribution >= 0.6 is 22.9 Å². The highest BCUT2D eigenvalue weighted by Gasteiger charge is 2.33. The first kappa shape index (κ1) is 25.6. The van der Waals surface area contributed by atoms with Gasteiger partial charge in [-0.3, -0.25) is 9.52 Å². The summed E-state index contributed by atoms with van der Waals surface area (Å²) in [5.41, 5.74) is 1.60. The van der Waals surface area contributed by atoms with Crippen LogP contribution in [0.2, 0.25) is 5.02 Å². The Labute approximate surface area is 214 Å². The lowest BCUT2D eigenvalue weighted by atomic mass is 9.99. The summed E-state index contributed by atoms with van der Waals surface area (Å²) in [6.45, 7) is 2.29. The lowest BCUT2D eigenvalue weighted by Crippen LogP contribution is -2.43. The number of anilines is 2. The molecule has 2 N–H and O–H groups in total. The number of nitrogens with one attached hydrogen (secondary N) is 2. The Kier molecular flexibility index (Phi) is 7.53. The fraction of sp³-hybridized carbons (Fsp3) is 0.261. The molecule has 1 aromatic heterocycles. The molecule has 8 nitrogen and oxygen atoms in total. The Morgan fingerprint density at radius 2 is 1.77 bits per heavy atom. The number of halogens is 1. The van der Waals surface area contributed by atoms with Crippen LogP contribution in [0.5, 0.6) is 0 Å². The van der Waals surface area contributed by atoms with Crippen molar-refractivity contribution in [3.05, 3.63) is 70.6 Å². The van der Waals surface area contributed by atoms with E-state index in [2.05, 4.69) is 10.0 Å². The predicted molar refractivity (Wildman–Crippen MR) is 138 cm³/mol. The van der Waals surface area contributed by atoms with Gasteiger partial charge in [0.15, 0.2) is 0 Å². The molecule has 1 amide bonds. The molecule has 0 spiro atoms. The van der Waals surface area contributed by atoms with Crippen molar-refractivity contribution in [3.8, 4) is 0 Å². The molecular weight excluding hydrogens is 530 g/mol. The molecule has 2 aromatic carbocycles. The first-order valence-corrected chi connectivity index (χ1v) is 15.0. The number of hydrogen-bond acceptors (Lipinski definition) is 6. The van der Waals surface area contributed by atoms with Gasteiger partial charge in [-0.15, -0.1) is 11.3 Å². The number of carbonyl (C=O) groups is 1. The number of benzene rings is 2. The summed E-state index contributed by atoms with van der Waals surface area (Å²) in [4.78, 5) is 12.9. The minimum atomic E-state index is -3.85. The van der Waals surface area contributed by atoms with Crippen LogP contribution in [0.3, 0.4) is 0 Å². The Morgan fingerprint density at radius 3 is 2.43 bits per heavy atom. The topological polar surface area (TPSA) is 113 Å².